The van der Waals surface area contributed by atoms with E-state index in [9.17, 15) is 0 Å². The molecule has 27 heavy (non-hydrogen) atoms. The quantitative estimate of drug-likeness (QED) is 0.499. The Kier molecular flexibility index (Phi) is 4.53. The van der Waals surface area contributed by atoms with Gasteiger partial charge in [-0.25, -0.2) is 4.67 Å². The molecule has 1 aromatic heterocycles. The number of hydrogen-bond donors (Lipinski definition) is 0. The Hall–Kier alpha value is -1.70. The molecule has 2 aliphatic rings. The molecule has 2 aromatic carbocycles. The van der Waals surface area contributed by atoms with Crippen molar-refractivity contribution in [1.29, 1.82) is 0 Å². The van der Waals surface area contributed by atoms with Crippen molar-refractivity contribution < 1.29 is 8.39 Å². The number of aryl methyl sites for hydroxylation is 4. The Morgan fingerprint density at radius 1 is 0.778 bits per heavy atom. The van der Waals surface area contributed by atoms with Gasteiger partial charge in [0, 0.05) is 24.4 Å². The first kappa shape index (κ1) is 17.4. The Labute approximate surface area is 161 Å². The molecule has 0 saturated carbocycles. The number of nitrogens with zero attached hydrogens (tertiary/aromatic N) is 1. The van der Waals surface area contributed by atoms with Crippen LogP contribution in [0.15, 0.2) is 32.7 Å². The van der Waals surface area contributed by atoms with Crippen LogP contribution in [-0.2, 0) is 25.7 Å². The van der Waals surface area contributed by atoms with E-state index in [0.29, 0.717) is 0 Å². The van der Waals surface area contributed by atoms with Gasteiger partial charge in [-0.1, -0.05) is 19.1 Å². The number of benzene rings is 2. The van der Waals surface area contributed by atoms with Gasteiger partial charge in [-0.3, -0.25) is 0 Å². The zero-order valence-electron chi connectivity index (χ0n) is 16.4. The highest BCUT2D eigenvalue weighted by molar-refractivity contribution is 7.38. The SMILES string of the molecule is CCN(C)p1oc2ccc3c(c2c2c4c(ccc2o1)CCCC4)CCCC3. The van der Waals surface area contributed by atoms with Crippen LogP contribution in [0.25, 0.3) is 21.9 Å². The lowest BCUT2D eigenvalue weighted by atomic mass is 9.84. The van der Waals surface area contributed by atoms with E-state index in [4.69, 9.17) is 8.39 Å². The third-order valence-electron chi connectivity index (χ3n) is 6.33. The second-order valence-corrected chi connectivity index (χ2v) is 9.48. The van der Waals surface area contributed by atoms with Crippen LogP contribution in [0.4, 0.5) is 0 Å². The van der Waals surface area contributed by atoms with Gasteiger partial charge in [-0.15, -0.1) is 0 Å². The summed E-state index contributed by atoms with van der Waals surface area (Å²) in [5, 5.41) is 2.69. The average Bonchev–Trinajstić information content (AvgIpc) is 2.90. The number of rotatable bonds is 2. The van der Waals surface area contributed by atoms with Gasteiger partial charge in [0.25, 0.3) is 0 Å². The van der Waals surface area contributed by atoms with E-state index in [-0.39, 0.29) is 0 Å². The highest BCUT2D eigenvalue weighted by atomic mass is 31.1. The van der Waals surface area contributed by atoms with E-state index < -0.39 is 8.16 Å². The summed E-state index contributed by atoms with van der Waals surface area (Å²) in [4.78, 5) is 0. The van der Waals surface area contributed by atoms with Crippen LogP contribution in [-0.4, -0.2) is 13.6 Å². The molecule has 5 rings (SSSR count). The van der Waals surface area contributed by atoms with Crippen molar-refractivity contribution in [3.05, 3.63) is 46.5 Å². The van der Waals surface area contributed by atoms with Gasteiger partial charge >= 0.3 is 8.16 Å². The second kappa shape index (κ2) is 7.04. The van der Waals surface area contributed by atoms with Gasteiger partial charge in [0.2, 0.25) is 0 Å². The van der Waals surface area contributed by atoms with Crippen LogP contribution in [0.3, 0.4) is 0 Å². The molecule has 0 fully saturated rings. The highest BCUT2D eigenvalue weighted by Crippen LogP contribution is 2.42. The molecule has 0 spiro atoms. The van der Waals surface area contributed by atoms with Crippen molar-refractivity contribution >= 4 is 30.1 Å². The van der Waals surface area contributed by atoms with Crippen molar-refractivity contribution in [3.63, 3.8) is 0 Å². The van der Waals surface area contributed by atoms with Crippen LogP contribution < -0.4 is 4.67 Å². The topological polar surface area (TPSA) is 29.5 Å². The third-order valence-corrected chi connectivity index (χ3v) is 7.87. The molecule has 0 N–H and O–H groups in total. The first-order valence-corrected chi connectivity index (χ1v) is 11.6. The summed E-state index contributed by atoms with van der Waals surface area (Å²) in [5.74, 6) is 0. The molecule has 0 radical (unpaired) electrons. The summed E-state index contributed by atoms with van der Waals surface area (Å²) in [6.45, 7) is 3.06. The van der Waals surface area contributed by atoms with E-state index in [0.717, 1.165) is 30.6 Å². The minimum Gasteiger partial charge on any atom is -0.408 e. The van der Waals surface area contributed by atoms with Crippen molar-refractivity contribution in [3.8, 4) is 0 Å². The first-order valence-electron chi connectivity index (χ1n) is 10.4. The number of hydrogen-bond acceptors (Lipinski definition) is 3. The molecule has 0 saturated heterocycles. The molecule has 142 valence electrons. The fraction of sp³-hybridized carbons (Fsp3) is 0.478. The van der Waals surface area contributed by atoms with E-state index in [1.807, 2.05) is 0 Å². The van der Waals surface area contributed by atoms with Gasteiger partial charge in [-0.2, -0.15) is 0 Å². The Balaban J connectivity index is 1.98. The predicted octanol–water partition coefficient (Wildman–Crippen LogP) is 6.64. The highest BCUT2D eigenvalue weighted by Gasteiger charge is 2.21. The van der Waals surface area contributed by atoms with E-state index >= 15 is 0 Å². The lowest BCUT2D eigenvalue weighted by Gasteiger charge is -2.20. The van der Waals surface area contributed by atoms with Crippen molar-refractivity contribution in [1.82, 2.24) is 0 Å². The lowest BCUT2D eigenvalue weighted by molar-refractivity contribution is 0.628. The van der Waals surface area contributed by atoms with Crippen LogP contribution in [0.2, 0.25) is 0 Å². The largest absolute Gasteiger partial charge is 0.408 e. The minimum atomic E-state index is -1.13. The monoisotopic (exact) mass is 381 g/mol. The molecule has 3 nitrogen and oxygen atoms in total. The maximum Gasteiger partial charge on any atom is 0.309 e. The van der Waals surface area contributed by atoms with Crippen molar-refractivity contribution in [2.45, 2.75) is 58.3 Å². The van der Waals surface area contributed by atoms with Crippen LogP contribution in [0.1, 0.15) is 54.9 Å². The van der Waals surface area contributed by atoms with Gasteiger partial charge < -0.3 is 8.39 Å². The van der Waals surface area contributed by atoms with Crippen molar-refractivity contribution in [2.24, 2.45) is 0 Å². The fourth-order valence-corrected chi connectivity index (χ4v) is 5.94. The predicted molar refractivity (Wildman–Crippen MR) is 114 cm³/mol. The molecule has 0 aliphatic heterocycles. The number of fused-ring (bicyclic) bond motifs is 7. The molecule has 0 bridgehead atoms. The average molecular weight is 381 g/mol. The van der Waals surface area contributed by atoms with Crippen LogP contribution in [0.5, 0.6) is 0 Å². The maximum absolute atomic E-state index is 6.52. The summed E-state index contributed by atoms with van der Waals surface area (Å²) >= 11 is 0. The Morgan fingerprint density at radius 3 is 1.74 bits per heavy atom. The molecular weight excluding hydrogens is 353 g/mol. The molecule has 0 amide bonds. The molecule has 0 unspecified atom stereocenters. The van der Waals surface area contributed by atoms with Gasteiger partial charge in [0.1, 0.15) is 11.2 Å². The first-order chi connectivity index (χ1) is 13.3. The summed E-state index contributed by atoms with van der Waals surface area (Å²) in [6, 6.07) is 9.01. The van der Waals surface area contributed by atoms with E-state index in [1.54, 1.807) is 0 Å². The third kappa shape index (κ3) is 2.92. The van der Waals surface area contributed by atoms with E-state index in [2.05, 4.69) is 42.9 Å². The fourth-order valence-electron chi connectivity index (χ4n) is 4.76. The standard InChI is InChI=1S/C23H28NO2P/c1-3-24(2)27-25-20-14-12-16-8-4-6-10-18(16)22(20)23-19-11-7-5-9-17(19)13-15-21(23)26-27/h12-15H,3-11H2,1-2H3. The molecular formula is C23H28NO2P. The summed E-state index contributed by atoms with van der Waals surface area (Å²) < 4.78 is 15.2. The van der Waals surface area contributed by atoms with Gasteiger partial charge in [0.05, 0.1) is 0 Å². The normalized spacial score (nSPS) is 16.6. The minimum absolute atomic E-state index is 0.909. The smallest absolute Gasteiger partial charge is 0.309 e. The second-order valence-electron chi connectivity index (χ2n) is 7.96. The molecule has 1 heterocycles. The summed E-state index contributed by atoms with van der Waals surface area (Å²) in [7, 11) is 0.964. The molecule has 0 atom stereocenters. The van der Waals surface area contributed by atoms with Gasteiger partial charge in [0.15, 0.2) is 0 Å². The summed E-state index contributed by atoms with van der Waals surface area (Å²) in [6.07, 6.45) is 9.85. The molecule has 3 aromatic rings. The molecule has 4 heteroatoms. The summed E-state index contributed by atoms with van der Waals surface area (Å²) in [5.41, 5.74) is 8.10. The van der Waals surface area contributed by atoms with Crippen molar-refractivity contribution in [2.75, 3.05) is 18.3 Å². The van der Waals surface area contributed by atoms with Crippen LogP contribution in [0, 0.1) is 0 Å². The van der Waals surface area contributed by atoms with Crippen LogP contribution >= 0.6 is 8.16 Å². The lowest BCUT2D eigenvalue weighted by Crippen LogP contribution is -2.10. The maximum atomic E-state index is 6.52. The Morgan fingerprint density at radius 2 is 1.26 bits per heavy atom. The van der Waals surface area contributed by atoms with Gasteiger partial charge in [-0.05, 0) is 85.8 Å². The zero-order chi connectivity index (χ0) is 18.4. The Bertz CT molecular complexity index is 975. The zero-order valence-corrected chi connectivity index (χ0v) is 17.3. The van der Waals surface area contributed by atoms with E-state index in [1.165, 1.54) is 71.6 Å². The molecule has 2 aliphatic carbocycles.